The van der Waals surface area contributed by atoms with Crippen LogP contribution in [0.4, 0.5) is 5.69 Å². The van der Waals surface area contributed by atoms with Crippen LogP contribution in [0.25, 0.3) is 0 Å². The van der Waals surface area contributed by atoms with Gasteiger partial charge >= 0.3 is 0 Å². The molecule has 0 bridgehead atoms. The van der Waals surface area contributed by atoms with Gasteiger partial charge in [-0.1, -0.05) is 25.1 Å². The van der Waals surface area contributed by atoms with Gasteiger partial charge in [0.05, 0.1) is 25.1 Å². The van der Waals surface area contributed by atoms with Crippen molar-refractivity contribution in [1.82, 2.24) is 5.32 Å². The molecule has 1 N–H and O–H groups in total. The Morgan fingerprint density at radius 3 is 2.43 bits per heavy atom. The second kappa shape index (κ2) is 9.84. The Balaban J connectivity index is 2.18. The molecule has 28 heavy (non-hydrogen) atoms. The largest absolute Gasteiger partial charge is 0.497 e. The van der Waals surface area contributed by atoms with E-state index in [4.69, 9.17) is 4.74 Å². The lowest BCUT2D eigenvalue weighted by molar-refractivity contribution is -0.120. The van der Waals surface area contributed by atoms with Crippen LogP contribution in [0.1, 0.15) is 24.9 Å². The van der Waals surface area contributed by atoms with Crippen LogP contribution in [0, 0.1) is 0 Å². The predicted molar refractivity (Wildman–Crippen MR) is 115 cm³/mol. The zero-order valence-corrected chi connectivity index (χ0v) is 18.1. The fourth-order valence-electron chi connectivity index (χ4n) is 2.79. The number of hydrogen-bond donors (Lipinski definition) is 1. The molecule has 0 spiro atoms. The zero-order valence-electron chi connectivity index (χ0n) is 16.5. The van der Waals surface area contributed by atoms with Crippen molar-refractivity contribution in [3.8, 4) is 5.75 Å². The quantitative estimate of drug-likeness (QED) is 0.627. The maximum absolute atomic E-state index is 12.6. The molecule has 2 rings (SSSR count). The molecule has 2 aromatic carbocycles. The van der Waals surface area contributed by atoms with Crippen LogP contribution < -0.4 is 14.4 Å². The number of benzene rings is 2. The van der Waals surface area contributed by atoms with E-state index in [0.29, 0.717) is 12.1 Å². The average molecular weight is 423 g/mol. The van der Waals surface area contributed by atoms with Crippen molar-refractivity contribution in [2.24, 2.45) is 0 Å². The van der Waals surface area contributed by atoms with Crippen molar-refractivity contribution >= 4 is 33.4 Å². The number of nitrogens with one attached hydrogen (secondary N) is 1. The number of sulfonamides is 1. The van der Waals surface area contributed by atoms with Gasteiger partial charge in [0.25, 0.3) is 0 Å². The van der Waals surface area contributed by atoms with Crippen molar-refractivity contribution in [2.75, 3.05) is 30.5 Å². The number of ether oxygens (including phenoxy) is 1. The van der Waals surface area contributed by atoms with Gasteiger partial charge in [-0.3, -0.25) is 9.10 Å². The molecule has 6 nitrogen and oxygen atoms in total. The Morgan fingerprint density at radius 2 is 1.89 bits per heavy atom. The number of carbonyl (C=O) groups excluding carboxylic acids is 1. The SMILES string of the molecule is CCC(NC(=O)CN(c1cccc(SC)c1)S(C)(=O)=O)c1ccc(OC)cc1. The second-order valence-corrected chi connectivity index (χ2v) is 9.06. The summed E-state index contributed by atoms with van der Waals surface area (Å²) in [4.78, 5) is 13.6. The third kappa shape index (κ3) is 5.90. The summed E-state index contributed by atoms with van der Waals surface area (Å²) in [6.45, 7) is 1.69. The summed E-state index contributed by atoms with van der Waals surface area (Å²) >= 11 is 1.51. The molecule has 0 saturated heterocycles. The number of amides is 1. The molecular formula is C20H26N2O4S2. The molecule has 1 unspecified atom stereocenters. The van der Waals surface area contributed by atoms with E-state index in [2.05, 4.69) is 5.32 Å². The van der Waals surface area contributed by atoms with E-state index < -0.39 is 10.0 Å². The van der Waals surface area contributed by atoms with E-state index in [1.807, 2.05) is 43.5 Å². The predicted octanol–water partition coefficient (Wildman–Crippen LogP) is 3.45. The maximum atomic E-state index is 12.6. The first kappa shape index (κ1) is 22.1. The Bertz CT molecular complexity index is 899. The van der Waals surface area contributed by atoms with E-state index in [1.54, 1.807) is 25.3 Å². The maximum Gasteiger partial charge on any atom is 0.241 e. The Labute approximate surface area is 171 Å². The first-order chi connectivity index (χ1) is 13.3. The van der Waals surface area contributed by atoms with Gasteiger partial charge in [-0.05, 0) is 48.6 Å². The highest BCUT2D eigenvalue weighted by molar-refractivity contribution is 7.98. The highest BCUT2D eigenvalue weighted by Gasteiger charge is 2.22. The van der Waals surface area contributed by atoms with Crippen molar-refractivity contribution < 1.29 is 17.9 Å². The minimum absolute atomic E-state index is 0.211. The number of nitrogens with zero attached hydrogens (tertiary/aromatic N) is 1. The van der Waals surface area contributed by atoms with Gasteiger partial charge in [0, 0.05) is 4.90 Å². The van der Waals surface area contributed by atoms with Gasteiger partial charge in [-0.2, -0.15) is 0 Å². The van der Waals surface area contributed by atoms with E-state index in [9.17, 15) is 13.2 Å². The normalized spacial score (nSPS) is 12.3. The van der Waals surface area contributed by atoms with Gasteiger partial charge in [0.15, 0.2) is 0 Å². The minimum atomic E-state index is -3.61. The fourth-order valence-corrected chi connectivity index (χ4v) is 4.09. The fraction of sp³-hybridized carbons (Fsp3) is 0.350. The molecule has 0 radical (unpaired) electrons. The van der Waals surface area contributed by atoms with E-state index in [0.717, 1.165) is 26.8 Å². The Kier molecular flexibility index (Phi) is 7.77. The number of hydrogen-bond acceptors (Lipinski definition) is 5. The topological polar surface area (TPSA) is 75.7 Å². The molecule has 2 aromatic rings. The highest BCUT2D eigenvalue weighted by Crippen LogP contribution is 2.24. The molecule has 0 aliphatic carbocycles. The summed E-state index contributed by atoms with van der Waals surface area (Å²) in [5.74, 6) is 0.379. The number of thioether (sulfide) groups is 1. The van der Waals surface area contributed by atoms with Crippen LogP contribution in [0.3, 0.4) is 0 Å². The summed E-state index contributed by atoms with van der Waals surface area (Å²) in [6, 6.07) is 14.4. The van der Waals surface area contributed by atoms with Gasteiger partial charge in [0.2, 0.25) is 15.9 Å². The molecule has 1 amide bonds. The molecule has 0 aliphatic rings. The van der Waals surface area contributed by atoms with Crippen LogP contribution >= 0.6 is 11.8 Å². The molecule has 0 heterocycles. The second-order valence-electron chi connectivity index (χ2n) is 6.27. The summed E-state index contributed by atoms with van der Waals surface area (Å²) in [5.41, 5.74) is 1.41. The Hall–Kier alpha value is -2.19. The van der Waals surface area contributed by atoms with Crippen LogP contribution in [0.15, 0.2) is 53.4 Å². The van der Waals surface area contributed by atoms with E-state index in [1.165, 1.54) is 11.8 Å². The van der Waals surface area contributed by atoms with E-state index in [-0.39, 0.29) is 18.5 Å². The monoisotopic (exact) mass is 422 g/mol. The highest BCUT2D eigenvalue weighted by atomic mass is 32.2. The van der Waals surface area contributed by atoms with Gasteiger partial charge in [-0.25, -0.2) is 8.42 Å². The van der Waals surface area contributed by atoms with Crippen LogP contribution in [0.5, 0.6) is 5.75 Å². The molecule has 0 aromatic heterocycles. The van der Waals surface area contributed by atoms with Gasteiger partial charge < -0.3 is 10.1 Å². The third-order valence-electron chi connectivity index (χ3n) is 4.29. The Morgan fingerprint density at radius 1 is 1.21 bits per heavy atom. The van der Waals surface area contributed by atoms with Crippen LogP contribution in [0.2, 0.25) is 0 Å². The summed E-state index contributed by atoms with van der Waals surface area (Å²) < 4.78 is 30.9. The smallest absolute Gasteiger partial charge is 0.241 e. The molecule has 8 heteroatoms. The number of anilines is 1. The molecule has 152 valence electrons. The van der Waals surface area contributed by atoms with Crippen molar-refractivity contribution in [1.29, 1.82) is 0 Å². The lowest BCUT2D eigenvalue weighted by Gasteiger charge is -2.24. The number of rotatable bonds is 9. The first-order valence-corrected chi connectivity index (χ1v) is 11.9. The van der Waals surface area contributed by atoms with Crippen molar-refractivity contribution in [3.63, 3.8) is 0 Å². The number of methoxy groups -OCH3 is 1. The summed E-state index contributed by atoms with van der Waals surface area (Å²) in [7, 11) is -2.01. The van der Waals surface area contributed by atoms with Crippen LogP contribution in [-0.4, -0.2) is 40.5 Å². The van der Waals surface area contributed by atoms with Gasteiger partial charge in [0.1, 0.15) is 12.3 Å². The number of carbonyl (C=O) groups is 1. The summed E-state index contributed by atoms with van der Waals surface area (Å²) in [5, 5.41) is 2.93. The molecule has 0 aliphatic heterocycles. The van der Waals surface area contributed by atoms with Gasteiger partial charge in [-0.15, -0.1) is 11.8 Å². The third-order valence-corrected chi connectivity index (χ3v) is 6.16. The molecular weight excluding hydrogens is 396 g/mol. The van der Waals surface area contributed by atoms with Crippen molar-refractivity contribution in [3.05, 3.63) is 54.1 Å². The van der Waals surface area contributed by atoms with Crippen molar-refractivity contribution in [2.45, 2.75) is 24.3 Å². The van der Waals surface area contributed by atoms with Crippen LogP contribution in [-0.2, 0) is 14.8 Å². The molecule has 0 fully saturated rings. The lowest BCUT2D eigenvalue weighted by Crippen LogP contribution is -2.41. The molecule has 1 atom stereocenters. The van der Waals surface area contributed by atoms with E-state index >= 15 is 0 Å². The lowest BCUT2D eigenvalue weighted by atomic mass is 10.0. The zero-order chi connectivity index (χ0) is 20.7. The minimum Gasteiger partial charge on any atom is -0.497 e. The first-order valence-electron chi connectivity index (χ1n) is 8.83. The standard InChI is InChI=1S/C20H26N2O4S2/c1-5-19(15-9-11-17(26-2)12-10-15)21-20(23)14-22(28(4,24)25)16-7-6-8-18(13-16)27-3/h6-13,19H,5,14H2,1-4H3,(H,21,23). The molecule has 0 saturated carbocycles. The average Bonchev–Trinajstić information content (AvgIpc) is 2.69. The summed E-state index contributed by atoms with van der Waals surface area (Å²) in [6.07, 6.45) is 3.70.